The van der Waals surface area contributed by atoms with Crippen molar-refractivity contribution in [2.45, 2.75) is 0 Å². The van der Waals surface area contributed by atoms with Gasteiger partial charge in [0.1, 0.15) is 0 Å². The van der Waals surface area contributed by atoms with Gasteiger partial charge in [-0.25, -0.2) is 4.79 Å². The number of rotatable bonds is 4. The van der Waals surface area contributed by atoms with E-state index in [9.17, 15) is 9.59 Å². The molecule has 0 fully saturated rings. The highest BCUT2D eigenvalue weighted by Crippen LogP contribution is 2.35. The quantitative estimate of drug-likeness (QED) is 0.503. The van der Waals surface area contributed by atoms with Crippen LogP contribution in [0.2, 0.25) is 5.02 Å². The zero-order chi connectivity index (χ0) is 21.6. The predicted molar refractivity (Wildman–Crippen MR) is 117 cm³/mol. The number of halogens is 1. The summed E-state index contributed by atoms with van der Waals surface area (Å²) >= 11 is 6.08. The molecule has 0 aliphatic heterocycles. The van der Waals surface area contributed by atoms with Crippen molar-refractivity contribution >= 4 is 22.5 Å². The van der Waals surface area contributed by atoms with Crippen LogP contribution in [0.4, 0.5) is 0 Å². The largest absolute Gasteiger partial charge is 0.493 e. The maximum Gasteiger partial charge on any atom is 0.330 e. The molecule has 4 aromatic rings. The van der Waals surface area contributed by atoms with E-state index >= 15 is 0 Å². The summed E-state index contributed by atoms with van der Waals surface area (Å²) in [6, 6.07) is 12.7. The summed E-state index contributed by atoms with van der Waals surface area (Å²) in [4.78, 5) is 25.6. The number of hydrogen-bond acceptors (Lipinski definition) is 4. The predicted octanol–water partition coefficient (Wildman–Crippen LogP) is 3.37. The molecule has 0 amide bonds. The average molecular weight is 426 g/mol. The van der Waals surface area contributed by atoms with Gasteiger partial charge >= 0.3 is 5.69 Å². The molecule has 0 N–H and O–H groups in total. The van der Waals surface area contributed by atoms with Crippen LogP contribution in [0.15, 0.2) is 58.3 Å². The topological polar surface area (TPSA) is 67.4 Å². The highest BCUT2D eigenvalue weighted by molar-refractivity contribution is 6.30. The fraction of sp³-hybridized carbons (Fsp3) is 0.182. The lowest BCUT2D eigenvalue weighted by molar-refractivity contribution is 0.355. The molecular weight excluding hydrogens is 406 g/mol. The maximum atomic E-state index is 13.1. The van der Waals surface area contributed by atoms with E-state index < -0.39 is 0 Å². The van der Waals surface area contributed by atoms with Crippen molar-refractivity contribution in [3.05, 3.63) is 74.5 Å². The molecular formula is C22H20ClN3O4. The van der Waals surface area contributed by atoms with Gasteiger partial charge in [0.25, 0.3) is 5.56 Å². The summed E-state index contributed by atoms with van der Waals surface area (Å²) in [5.41, 5.74) is 1.98. The van der Waals surface area contributed by atoms with Gasteiger partial charge < -0.3 is 14.0 Å². The lowest BCUT2D eigenvalue weighted by Gasteiger charge is -2.13. The third-order valence-corrected chi connectivity index (χ3v) is 5.45. The van der Waals surface area contributed by atoms with Gasteiger partial charge in [-0.1, -0.05) is 23.7 Å². The summed E-state index contributed by atoms with van der Waals surface area (Å²) in [5, 5.41) is 1.03. The van der Waals surface area contributed by atoms with Crippen molar-refractivity contribution in [1.29, 1.82) is 0 Å². The number of methoxy groups -OCH3 is 2. The van der Waals surface area contributed by atoms with Gasteiger partial charge in [-0.2, -0.15) is 0 Å². The molecule has 30 heavy (non-hydrogen) atoms. The van der Waals surface area contributed by atoms with Gasteiger partial charge in [0.15, 0.2) is 11.5 Å². The van der Waals surface area contributed by atoms with Crippen molar-refractivity contribution in [1.82, 2.24) is 13.7 Å². The molecule has 2 heterocycles. The molecule has 0 aliphatic carbocycles. The molecule has 0 radical (unpaired) electrons. The molecule has 0 bridgehead atoms. The Labute approximate surface area is 177 Å². The van der Waals surface area contributed by atoms with E-state index in [2.05, 4.69) is 0 Å². The summed E-state index contributed by atoms with van der Waals surface area (Å²) in [6.45, 7) is 0. The van der Waals surface area contributed by atoms with E-state index in [1.165, 1.54) is 11.6 Å². The monoisotopic (exact) mass is 425 g/mol. The van der Waals surface area contributed by atoms with Crippen molar-refractivity contribution in [2.75, 3.05) is 14.2 Å². The van der Waals surface area contributed by atoms with Gasteiger partial charge in [-0.3, -0.25) is 13.9 Å². The minimum absolute atomic E-state index is 0.364. The molecule has 0 atom stereocenters. The first-order valence-electron chi connectivity index (χ1n) is 9.16. The van der Waals surface area contributed by atoms with E-state index in [0.29, 0.717) is 33.1 Å². The van der Waals surface area contributed by atoms with Crippen LogP contribution < -0.4 is 20.7 Å². The van der Waals surface area contributed by atoms with Crippen LogP contribution >= 0.6 is 11.6 Å². The van der Waals surface area contributed by atoms with Gasteiger partial charge in [0, 0.05) is 37.1 Å². The minimum atomic E-state index is -0.389. The molecule has 2 aromatic heterocycles. The highest BCUT2D eigenvalue weighted by Gasteiger charge is 2.21. The van der Waals surface area contributed by atoms with Crippen LogP contribution in [0.1, 0.15) is 0 Å². The number of aryl methyl sites for hydroxylation is 1. The van der Waals surface area contributed by atoms with Crippen molar-refractivity contribution in [3.8, 4) is 28.4 Å². The minimum Gasteiger partial charge on any atom is -0.493 e. The van der Waals surface area contributed by atoms with Gasteiger partial charge in [-0.05, 0) is 29.8 Å². The summed E-state index contributed by atoms with van der Waals surface area (Å²) in [6.07, 6.45) is 1.78. The van der Waals surface area contributed by atoms with Crippen LogP contribution in [-0.4, -0.2) is 27.9 Å². The lowest BCUT2D eigenvalue weighted by atomic mass is 10.1. The Kier molecular flexibility index (Phi) is 4.91. The Balaban J connectivity index is 2.15. The van der Waals surface area contributed by atoms with E-state index in [4.69, 9.17) is 21.1 Å². The molecule has 7 nitrogen and oxygen atoms in total. The number of ether oxygens (including phenoxy) is 2. The fourth-order valence-corrected chi connectivity index (χ4v) is 3.74. The Morgan fingerprint density at radius 1 is 0.867 bits per heavy atom. The first-order valence-corrected chi connectivity index (χ1v) is 9.54. The molecule has 4 rings (SSSR count). The smallest absolute Gasteiger partial charge is 0.330 e. The van der Waals surface area contributed by atoms with Crippen LogP contribution in [0.5, 0.6) is 11.5 Å². The van der Waals surface area contributed by atoms with Crippen molar-refractivity contribution < 1.29 is 9.47 Å². The number of benzene rings is 2. The number of hydrogen-bond donors (Lipinski definition) is 0. The second kappa shape index (κ2) is 7.42. The molecule has 154 valence electrons. The van der Waals surface area contributed by atoms with Gasteiger partial charge in [-0.15, -0.1) is 0 Å². The Morgan fingerprint density at radius 3 is 2.17 bits per heavy atom. The maximum absolute atomic E-state index is 13.1. The molecule has 0 spiro atoms. The Bertz CT molecular complexity index is 1380. The van der Waals surface area contributed by atoms with Crippen molar-refractivity contribution in [3.63, 3.8) is 0 Å². The van der Waals surface area contributed by atoms with Crippen LogP contribution in [0.25, 0.3) is 27.8 Å². The second-order valence-corrected chi connectivity index (χ2v) is 7.30. The third-order valence-electron chi connectivity index (χ3n) is 5.20. The molecule has 0 saturated carbocycles. The fourth-order valence-electron chi connectivity index (χ4n) is 3.61. The van der Waals surface area contributed by atoms with E-state index in [1.54, 1.807) is 45.7 Å². The molecule has 0 saturated heterocycles. The van der Waals surface area contributed by atoms with Gasteiger partial charge in [0.2, 0.25) is 0 Å². The lowest BCUT2D eigenvalue weighted by Crippen LogP contribution is -2.36. The number of aromatic nitrogens is 3. The first-order chi connectivity index (χ1) is 14.4. The van der Waals surface area contributed by atoms with Crippen LogP contribution in [0.3, 0.4) is 0 Å². The molecule has 0 aliphatic rings. The standard InChI is InChI=1S/C22H20ClN3O4/c1-24-16-12-26(15-9-10-17(29-3)18(11-15)30-4)20(13-5-7-14(23)8-6-13)19(16)21(27)25(2)22(24)28/h5-12H,1-4H3. The van der Waals surface area contributed by atoms with E-state index in [1.807, 2.05) is 28.8 Å². The average Bonchev–Trinajstić information content (AvgIpc) is 3.17. The Hall–Kier alpha value is -3.45. The summed E-state index contributed by atoms with van der Waals surface area (Å²) in [5.74, 6) is 1.14. The van der Waals surface area contributed by atoms with E-state index in [0.717, 1.165) is 15.8 Å². The zero-order valence-electron chi connectivity index (χ0n) is 17.0. The normalized spacial score (nSPS) is 11.1. The SMILES string of the molecule is COc1ccc(-n2cc3c(c2-c2ccc(Cl)cc2)c(=O)n(C)c(=O)n3C)cc1OC. The zero-order valence-corrected chi connectivity index (χ0v) is 17.7. The second-order valence-electron chi connectivity index (χ2n) is 6.86. The van der Waals surface area contributed by atoms with Gasteiger partial charge in [0.05, 0.1) is 30.8 Å². The number of nitrogens with zero attached hydrogens (tertiary/aromatic N) is 3. The molecule has 2 aromatic carbocycles. The third kappa shape index (κ3) is 2.98. The highest BCUT2D eigenvalue weighted by atomic mass is 35.5. The van der Waals surface area contributed by atoms with Crippen molar-refractivity contribution in [2.24, 2.45) is 14.1 Å². The molecule has 0 unspecified atom stereocenters. The number of fused-ring (bicyclic) bond motifs is 1. The first kappa shape index (κ1) is 19.8. The van der Waals surface area contributed by atoms with Crippen LogP contribution in [-0.2, 0) is 14.1 Å². The molecule has 8 heteroatoms. The summed E-state index contributed by atoms with van der Waals surface area (Å²) in [7, 11) is 6.26. The Morgan fingerprint density at radius 2 is 1.53 bits per heavy atom. The van der Waals surface area contributed by atoms with Crippen LogP contribution in [0, 0.1) is 0 Å². The summed E-state index contributed by atoms with van der Waals surface area (Å²) < 4.78 is 15.2. The van der Waals surface area contributed by atoms with E-state index in [-0.39, 0.29) is 11.2 Å².